The van der Waals surface area contributed by atoms with Gasteiger partial charge < -0.3 is 5.11 Å². The molecule has 46 valence electrons. The zero-order valence-electron chi connectivity index (χ0n) is 5.53. The first-order valence-electron chi connectivity index (χ1n) is 2.86. The van der Waals surface area contributed by atoms with Crippen LogP contribution in [0.15, 0.2) is 24.5 Å². The molecule has 0 spiro atoms. The highest BCUT2D eigenvalue weighted by Crippen LogP contribution is 1.92. The van der Waals surface area contributed by atoms with E-state index in [4.69, 9.17) is 6.48 Å². The Labute approximate surface area is 53.4 Å². The Bertz CT molecular complexity index is 262. The Morgan fingerprint density at radius 1 is 1.89 bits per heavy atom. The van der Waals surface area contributed by atoms with E-state index >= 15 is 0 Å². The minimum absolute atomic E-state index is 0.0671. The predicted molar refractivity (Wildman–Crippen MR) is 31.2 cm³/mol. The van der Waals surface area contributed by atoms with Crippen molar-refractivity contribution < 1.29 is 11.3 Å². The minimum atomic E-state index is -1.11. The van der Waals surface area contributed by atoms with Crippen molar-refractivity contribution in [3.63, 3.8) is 0 Å². The van der Waals surface area contributed by atoms with Crippen LogP contribution in [0.2, 0.25) is 0 Å². The smallest absolute Gasteiger partial charge is 0.337 e. The fourth-order valence-electron chi connectivity index (χ4n) is 0.445. The first kappa shape index (κ1) is 4.49. The molecule has 0 saturated heterocycles. The molecular formula is C6H5NO2. The third kappa shape index (κ3) is 1.25. The molecular weight excluding hydrogens is 118 g/mol. The van der Waals surface area contributed by atoms with Gasteiger partial charge in [0.1, 0.15) is 0 Å². The van der Waals surface area contributed by atoms with Crippen molar-refractivity contribution in [2.45, 2.75) is 0 Å². The average molecular weight is 124 g/mol. The van der Waals surface area contributed by atoms with Crippen molar-refractivity contribution in [1.29, 1.82) is 0 Å². The van der Waals surface area contributed by atoms with Gasteiger partial charge in [0, 0.05) is 12.4 Å². The second-order valence-electron chi connectivity index (χ2n) is 1.47. The van der Waals surface area contributed by atoms with Crippen LogP contribution in [0, 0.1) is 0 Å². The summed E-state index contributed by atoms with van der Waals surface area (Å²) in [6.07, 6.45) is 1.18. The number of rotatable bonds is 1. The van der Waals surface area contributed by atoms with Gasteiger partial charge in [-0.15, -0.1) is 0 Å². The van der Waals surface area contributed by atoms with Crippen LogP contribution in [0.4, 0.5) is 0 Å². The van der Waals surface area contributed by atoms with Crippen molar-refractivity contribution in [2.24, 2.45) is 0 Å². The molecule has 0 saturated carbocycles. The first-order valence-corrected chi connectivity index (χ1v) is 2.36. The van der Waals surface area contributed by atoms with Gasteiger partial charge in [0.05, 0.1) is 6.93 Å². The zero-order chi connectivity index (χ0) is 7.56. The summed E-state index contributed by atoms with van der Waals surface area (Å²) in [6.45, 7) is 0. The van der Waals surface area contributed by atoms with Crippen LogP contribution in [0.5, 0.6) is 0 Å². The second-order valence-corrected chi connectivity index (χ2v) is 1.47. The van der Waals surface area contributed by atoms with Gasteiger partial charge in [-0.1, -0.05) is 0 Å². The molecule has 0 aliphatic carbocycles. The predicted octanol–water partition coefficient (Wildman–Crippen LogP) is 0.780. The summed E-state index contributed by atoms with van der Waals surface area (Å²) >= 11 is 0. The van der Waals surface area contributed by atoms with Crippen LogP contribution in [-0.4, -0.2) is 16.1 Å². The molecule has 1 heterocycles. The van der Waals surface area contributed by atoms with E-state index < -0.39 is 5.97 Å². The molecule has 3 nitrogen and oxygen atoms in total. The summed E-state index contributed by atoms with van der Waals surface area (Å²) in [4.78, 5) is 13.7. The Balaban J connectivity index is 3.15. The Kier molecular flexibility index (Phi) is 1.13. The van der Waals surface area contributed by atoms with Gasteiger partial charge in [-0.2, -0.15) is 0 Å². The highest BCUT2D eigenvalue weighted by Gasteiger charge is 1.97. The van der Waals surface area contributed by atoms with E-state index in [1.807, 2.05) is 0 Å². The molecule has 1 aromatic heterocycles. The maximum atomic E-state index is 10.3. The highest BCUT2D eigenvalue weighted by molar-refractivity contribution is 5.86. The molecule has 3 heteroatoms. The molecule has 0 aliphatic rings. The number of carbonyl (C=O) groups is 1. The summed E-state index contributed by atoms with van der Waals surface area (Å²) in [5, 5.41) is 8.41. The molecule has 1 rings (SSSR count). The lowest BCUT2D eigenvalue weighted by molar-refractivity contribution is 0.0696. The van der Waals surface area contributed by atoms with Gasteiger partial charge in [-0.3, -0.25) is 4.98 Å². The maximum absolute atomic E-state index is 10.3. The number of carboxylic acids is 1. The molecule has 0 fully saturated rings. The first-order chi connectivity index (χ1) is 4.72. The van der Waals surface area contributed by atoms with Gasteiger partial charge in [0.25, 0.3) is 0 Å². The molecule has 0 aliphatic heterocycles. The second kappa shape index (κ2) is 2.26. The molecule has 0 atom stereocenters. The van der Waals surface area contributed by atoms with E-state index in [1.54, 1.807) is 0 Å². The Morgan fingerprint density at radius 3 is 3.11 bits per heavy atom. The van der Waals surface area contributed by atoms with Crippen molar-refractivity contribution in [1.82, 2.24) is 4.98 Å². The third-order valence-electron chi connectivity index (χ3n) is 0.839. The Hall–Kier alpha value is -1.38. The standard InChI is InChI=1S/C6H5NO2/c8-6(9)5-2-1-3-7-4-5/h1-4H,(H,8,9)/i4D. The number of aromatic carboxylic acids is 1. The molecule has 0 bridgehead atoms. The zero-order valence-corrected chi connectivity index (χ0v) is 4.53. The number of carboxylic acid groups (broad SMARTS) is 1. The van der Waals surface area contributed by atoms with Crippen LogP contribution in [0.25, 0.3) is 0 Å². The quantitative estimate of drug-likeness (QED) is 0.601. The van der Waals surface area contributed by atoms with E-state index in [9.17, 15) is 4.79 Å². The molecule has 0 amide bonds. The number of hydrogen-bond acceptors (Lipinski definition) is 2. The summed E-state index contributed by atoms with van der Waals surface area (Å²) in [7, 11) is 0. The molecule has 0 radical (unpaired) electrons. The van der Waals surface area contributed by atoms with E-state index in [1.165, 1.54) is 18.3 Å². The van der Waals surface area contributed by atoms with E-state index in [-0.39, 0.29) is 11.7 Å². The van der Waals surface area contributed by atoms with Crippen LogP contribution in [-0.2, 0) is 0 Å². The monoisotopic (exact) mass is 124 g/mol. The van der Waals surface area contributed by atoms with Gasteiger partial charge in [0.2, 0.25) is 0 Å². The van der Waals surface area contributed by atoms with Gasteiger partial charge >= 0.3 is 5.97 Å². The lowest BCUT2D eigenvalue weighted by Crippen LogP contribution is -1.94. The number of hydrogen-bond donors (Lipinski definition) is 1. The number of nitrogens with zero attached hydrogens (tertiary/aromatic N) is 1. The van der Waals surface area contributed by atoms with Gasteiger partial charge in [-0.05, 0) is 12.1 Å². The van der Waals surface area contributed by atoms with Crippen molar-refractivity contribution in [2.75, 3.05) is 0 Å². The molecule has 0 unspecified atom stereocenters. The maximum Gasteiger partial charge on any atom is 0.337 e. The van der Waals surface area contributed by atoms with Gasteiger partial charge in [-0.25, -0.2) is 4.79 Å². The fraction of sp³-hybridized carbons (Fsp3) is 0. The largest absolute Gasteiger partial charge is 0.478 e. The SMILES string of the molecule is [2H]c1ncccc1C(=O)O. The summed E-state index contributed by atoms with van der Waals surface area (Å²) < 4.78 is 7.01. The van der Waals surface area contributed by atoms with Crippen LogP contribution >= 0.6 is 0 Å². The number of pyridine rings is 1. The fourth-order valence-corrected chi connectivity index (χ4v) is 0.445. The van der Waals surface area contributed by atoms with E-state index in [0.29, 0.717) is 0 Å². The van der Waals surface area contributed by atoms with Crippen LogP contribution in [0.1, 0.15) is 11.7 Å². The van der Waals surface area contributed by atoms with Crippen LogP contribution in [0.3, 0.4) is 0 Å². The number of aromatic nitrogens is 1. The lowest BCUT2D eigenvalue weighted by Gasteiger charge is -1.87. The summed E-state index contributed by atoms with van der Waals surface area (Å²) in [5.41, 5.74) is -0.0671. The molecule has 0 aromatic carbocycles. The minimum Gasteiger partial charge on any atom is -0.478 e. The third-order valence-corrected chi connectivity index (χ3v) is 0.839. The van der Waals surface area contributed by atoms with E-state index in [0.717, 1.165) is 0 Å². The summed E-state index contributed by atoms with van der Waals surface area (Å²) in [6, 6.07) is 2.83. The van der Waals surface area contributed by atoms with Gasteiger partial charge in [0.15, 0.2) is 0 Å². The van der Waals surface area contributed by atoms with Crippen molar-refractivity contribution >= 4 is 5.97 Å². The topological polar surface area (TPSA) is 50.2 Å². The molecule has 1 N–H and O–H groups in total. The normalized spacial score (nSPS) is 10.4. The Morgan fingerprint density at radius 2 is 2.67 bits per heavy atom. The van der Waals surface area contributed by atoms with Crippen LogP contribution < -0.4 is 0 Å². The van der Waals surface area contributed by atoms with Crippen molar-refractivity contribution in [3.05, 3.63) is 30.1 Å². The molecule has 9 heavy (non-hydrogen) atoms. The van der Waals surface area contributed by atoms with Crippen molar-refractivity contribution in [3.8, 4) is 0 Å². The highest BCUT2D eigenvalue weighted by atomic mass is 16.4. The average Bonchev–Trinajstić information content (AvgIpc) is 1.88. The van der Waals surface area contributed by atoms with E-state index in [2.05, 4.69) is 4.98 Å². The summed E-state index contributed by atoms with van der Waals surface area (Å²) in [5.74, 6) is -1.11. The molecule has 1 aromatic rings. The lowest BCUT2D eigenvalue weighted by atomic mass is 10.3.